The van der Waals surface area contributed by atoms with E-state index in [1.54, 1.807) is 15.9 Å². The Morgan fingerprint density at radius 2 is 1.71 bits per heavy atom. The Morgan fingerprint density at radius 3 is 2.48 bits per heavy atom. The van der Waals surface area contributed by atoms with E-state index >= 15 is 0 Å². The van der Waals surface area contributed by atoms with E-state index in [1.165, 1.54) is 0 Å². The molecule has 5 rings (SSSR count). The Kier molecular flexibility index (Phi) is 5.10. The minimum Gasteiger partial charge on any atom is -0.362 e. The third-order valence-electron chi connectivity index (χ3n) is 6.84. The topological polar surface area (TPSA) is 100 Å². The molecule has 9 nitrogen and oxygen atoms in total. The van der Waals surface area contributed by atoms with Crippen molar-refractivity contribution in [2.24, 2.45) is 0 Å². The first-order valence-electron chi connectivity index (χ1n) is 11.0. The highest BCUT2D eigenvalue weighted by molar-refractivity contribution is 6.02. The second kappa shape index (κ2) is 7.80. The summed E-state index contributed by atoms with van der Waals surface area (Å²) in [6.45, 7) is 2.82. The number of nitrogens with zero attached hydrogens (tertiary/aromatic N) is 2. The highest BCUT2D eigenvalue weighted by Gasteiger charge is 2.43. The molecule has 0 saturated carbocycles. The normalized spacial score (nSPS) is 27.6. The van der Waals surface area contributed by atoms with E-state index in [-0.39, 0.29) is 30.7 Å². The highest BCUT2D eigenvalue weighted by Crippen LogP contribution is 2.33. The molecule has 1 atom stereocenters. The summed E-state index contributed by atoms with van der Waals surface area (Å²) in [7, 11) is 0. The largest absolute Gasteiger partial charge is 0.362 e. The second-order valence-corrected chi connectivity index (χ2v) is 8.76. The van der Waals surface area contributed by atoms with Crippen LogP contribution in [0.3, 0.4) is 0 Å². The molecule has 4 heterocycles. The number of amides is 3. The first kappa shape index (κ1) is 20.3. The molecule has 2 spiro atoms. The average Bonchev–Trinajstić information content (AvgIpc) is 3.17. The Hall–Kier alpha value is -2.65. The molecule has 4 aliphatic rings. The van der Waals surface area contributed by atoms with E-state index in [1.807, 2.05) is 18.2 Å². The summed E-state index contributed by atoms with van der Waals surface area (Å²) in [6, 6.07) is 7.37. The molecular weight excluding hydrogens is 400 g/mol. The molecule has 0 aliphatic carbocycles. The molecule has 9 heteroatoms. The summed E-state index contributed by atoms with van der Waals surface area (Å²) in [5, 5.41) is 6.50. The van der Waals surface area contributed by atoms with Gasteiger partial charge >= 0.3 is 0 Å². The summed E-state index contributed by atoms with van der Waals surface area (Å²) in [5.74, 6) is -0.771. The molecule has 0 aromatic heterocycles. The Labute approximate surface area is 181 Å². The molecule has 1 unspecified atom stereocenters. The van der Waals surface area contributed by atoms with Crippen LogP contribution < -0.4 is 10.6 Å². The molecular formula is C22H28N4O5. The van der Waals surface area contributed by atoms with Crippen molar-refractivity contribution in [3.63, 3.8) is 0 Å². The molecule has 3 saturated heterocycles. The third-order valence-corrected chi connectivity index (χ3v) is 6.84. The third kappa shape index (κ3) is 3.87. The van der Waals surface area contributed by atoms with Crippen LogP contribution in [0.2, 0.25) is 0 Å². The predicted octanol–water partition coefficient (Wildman–Crippen LogP) is 0.916. The first-order chi connectivity index (χ1) is 15.0. The molecule has 3 fully saturated rings. The van der Waals surface area contributed by atoms with Crippen molar-refractivity contribution >= 4 is 23.4 Å². The van der Waals surface area contributed by atoms with Crippen LogP contribution >= 0.6 is 0 Å². The van der Waals surface area contributed by atoms with Gasteiger partial charge in [0.2, 0.25) is 11.8 Å². The number of carbonyl (C=O) groups excluding carboxylic acids is 3. The number of hydrogen-bond acceptors (Lipinski definition) is 6. The average molecular weight is 428 g/mol. The minimum atomic E-state index is -0.673. The predicted molar refractivity (Wildman–Crippen MR) is 111 cm³/mol. The van der Waals surface area contributed by atoms with E-state index in [4.69, 9.17) is 9.47 Å². The van der Waals surface area contributed by atoms with Gasteiger partial charge in [0.25, 0.3) is 5.91 Å². The molecule has 1 aromatic rings. The fraction of sp³-hybridized carbons (Fsp3) is 0.591. The quantitative estimate of drug-likeness (QED) is 0.727. The van der Waals surface area contributed by atoms with Gasteiger partial charge in [-0.3, -0.25) is 14.4 Å². The molecule has 0 bridgehead atoms. The lowest BCUT2D eigenvalue weighted by molar-refractivity contribution is -0.187. The van der Waals surface area contributed by atoms with Crippen LogP contribution in [0, 0.1) is 0 Å². The molecule has 4 aliphatic heterocycles. The van der Waals surface area contributed by atoms with Gasteiger partial charge < -0.3 is 29.9 Å². The van der Waals surface area contributed by atoms with Gasteiger partial charge in [0.15, 0.2) is 5.79 Å². The van der Waals surface area contributed by atoms with Crippen LogP contribution in [0.25, 0.3) is 0 Å². The lowest BCUT2D eigenvalue weighted by atomic mass is 9.95. The van der Waals surface area contributed by atoms with Crippen LogP contribution in [0.1, 0.15) is 42.5 Å². The first-order valence-corrected chi connectivity index (χ1v) is 11.0. The van der Waals surface area contributed by atoms with Crippen molar-refractivity contribution < 1.29 is 23.9 Å². The van der Waals surface area contributed by atoms with Gasteiger partial charge in [-0.15, -0.1) is 0 Å². The molecule has 166 valence electrons. The molecule has 3 amide bonds. The maximum Gasteiger partial charge on any atom is 0.255 e. The maximum atomic E-state index is 12.9. The number of ether oxygens (including phenoxy) is 2. The number of anilines is 1. The van der Waals surface area contributed by atoms with Crippen molar-refractivity contribution in [2.45, 2.75) is 43.6 Å². The second-order valence-electron chi connectivity index (χ2n) is 8.76. The van der Waals surface area contributed by atoms with E-state index in [0.29, 0.717) is 64.1 Å². The number of benzene rings is 1. The number of para-hydroxylation sites is 1. The van der Waals surface area contributed by atoms with Gasteiger partial charge in [-0.05, 0) is 18.6 Å². The van der Waals surface area contributed by atoms with Crippen LogP contribution in [0.4, 0.5) is 5.69 Å². The zero-order chi connectivity index (χ0) is 21.5. The molecule has 2 N–H and O–H groups in total. The zero-order valence-corrected chi connectivity index (χ0v) is 17.5. The zero-order valence-electron chi connectivity index (χ0n) is 17.5. The maximum absolute atomic E-state index is 12.9. The number of piperidine rings is 1. The lowest BCUT2D eigenvalue weighted by Gasteiger charge is -2.40. The fourth-order valence-electron chi connectivity index (χ4n) is 4.98. The Bertz CT molecular complexity index is 890. The van der Waals surface area contributed by atoms with Crippen molar-refractivity contribution in [1.29, 1.82) is 0 Å². The Balaban J connectivity index is 1.21. The summed E-state index contributed by atoms with van der Waals surface area (Å²) < 4.78 is 11.4. The Morgan fingerprint density at radius 1 is 0.968 bits per heavy atom. The summed E-state index contributed by atoms with van der Waals surface area (Å²) >= 11 is 0. The molecule has 1 aromatic carbocycles. The number of rotatable bonds is 2. The summed E-state index contributed by atoms with van der Waals surface area (Å²) in [4.78, 5) is 41.7. The van der Waals surface area contributed by atoms with Crippen molar-refractivity contribution in [1.82, 2.24) is 15.1 Å². The number of carbonyl (C=O) groups is 3. The van der Waals surface area contributed by atoms with E-state index < -0.39 is 11.4 Å². The van der Waals surface area contributed by atoms with Gasteiger partial charge in [0.05, 0.1) is 25.3 Å². The van der Waals surface area contributed by atoms with E-state index in [0.717, 1.165) is 5.69 Å². The fourth-order valence-corrected chi connectivity index (χ4v) is 4.98. The highest BCUT2D eigenvalue weighted by atomic mass is 16.7. The minimum absolute atomic E-state index is 0.0527. The van der Waals surface area contributed by atoms with E-state index in [2.05, 4.69) is 10.6 Å². The van der Waals surface area contributed by atoms with Crippen LogP contribution in [0.5, 0.6) is 0 Å². The van der Waals surface area contributed by atoms with Gasteiger partial charge in [0, 0.05) is 51.0 Å². The van der Waals surface area contributed by atoms with Crippen LogP contribution in [-0.2, 0) is 19.1 Å². The molecule has 31 heavy (non-hydrogen) atoms. The van der Waals surface area contributed by atoms with Gasteiger partial charge in [-0.2, -0.15) is 0 Å². The lowest BCUT2D eigenvalue weighted by Crippen LogP contribution is -2.58. The van der Waals surface area contributed by atoms with Crippen LogP contribution in [-0.4, -0.2) is 78.4 Å². The number of nitrogens with one attached hydrogen (secondary N) is 2. The van der Waals surface area contributed by atoms with Gasteiger partial charge in [-0.25, -0.2) is 0 Å². The van der Waals surface area contributed by atoms with Crippen LogP contribution in [0.15, 0.2) is 24.3 Å². The number of likely N-dealkylation sites (tertiary alicyclic amines) is 2. The summed E-state index contributed by atoms with van der Waals surface area (Å²) in [5.41, 5.74) is 0.712. The molecule has 0 radical (unpaired) electrons. The monoisotopic (exact) mass is 428 g/mol. The smallest absolute Gasteiger partial charge is 0.255 e. The standard InChI is InChI=1S/C22H28N4O5/c27-18-5-6-21(23-17-4-2-1-3-16(17)20(29)24-21)7-10-26(18)15-19(28)25-11-8-22(9-12-25)30-13-14-31-22/h1-4,23H,5-15H2,(H,24,29). The van der Waals surface area contributed by atoms with Gasteiger partial charge in [0.1, 0.15) is 5.66 Å². The SMILES string of the molecule is O=C1NC2(CCC(=O)N(CC(=O)N3CCC4(CC3)OCCO4)CC2)Nc2ccccc21. The van der Waals surface area contributed by atoms with Crippen molar-refractivity contribution in [2.75, 3.05) is 44.7 Å². The van der Waals surface area contributed by atoms with Crippen molar-refractivity contribution in [3.8, 4) is 0 Å². The van der Waals surface area contributed by atoms with Gasteiger partial charge in [-0.1, -0.05) is 12.1 Å². The van der Waals surface area contributed by atoms with Crippen molar-refractivity contribution in [3.05, 3.63) is 29.8 Å². The number of fused-ring (bicyclic) bond motifs is 1. The number of hydrogen-bond donors (Lipinski definition) is 2. The summed E-state index contributed by atoms with van der Waals surface area (Å²) in [6.07, 6.45) is 2.61. The van der Waals surface area contributed by atoms with E-state index in [9.17, 15) is 14.4 Å².